The Bertz CT molecular complexity index is 645. The van der Waals surface area contributed by atoms with Crippen molar-refractivity contribution in [2.45, 2.75) is 13.8 Å². The fourth-order valence-electron chi connectivity index (χ4n) is 1.73. The van der Waals surface area contributed by atoms with Crippen molar-refractivity contribution >= 4 is 0 Å². The van der Waals surface area contributed by atoms with E-state index in [9.17, 15) is 0 Å². The van der Waals surface area contributed by atoms with E-state index in [0.717, 1.165) is 11.3 Å². The number of nitriles is 1. The molecule has 2 rings (SSSR count). The topological polar surface area (TPSA) is 55.1 Å². The molecule has 1 heterocycles. The van der Waals surface area contributed by atoms with Gasteiger partial charge in [0.05, 0.1) is 18.7 Å². The van der Waals surface area contributed by atoms with Crippen LogP contribution in [0, 0.1) is 25.2 Å². The maximum absolute atomic E-state index is 8.93. The monoisotopic (exact) mass is 254 g/mol. The highest BCUT2D eigenvalue weighted by molar-refractivity contribution is 5.45. The van der Waals surface area contributed by atoms with E-state index < -0.39 is 0 Å². The van der Waals surface area contributed by atoms with E-state index in [-0.39, 0.29) is 0 Å². The molecule has 1 aromatic heterocycles. The fraction of sp³-hybridized carbons (Fsp3) is 0.200. The molecule has 0 aliphatic rings. The van der Waals surface area contributed by atoms with Crippen LogP contribution in [0.1, 0.15) is 16.8 Å². The molecule has 0 saturated carbocycles. The second-order valence-corrected chi connectivity index (χ2v) is 4.20. The van der Waals surface area contributed by atoms with Crippen molar-refractivity contribution in [1.82, 2.24) is 4.98 Å². The van der Waals surface area contributed by atoms with Gasteiger partial charge < -0.3 is 9.47 Å². The Morgan fingerprint density at radius 1 is 1.11 bits per heavy atom. The SMILES string of the molecule is COc1cc(C)ccc1Oc1cc(C#N)cc(C)n1. The number of hydrogen-bond acceptors (Lipinski definition) is 4. The number of nitrogens with zero attached hydrogens (tertiary/aromatic N) is 2. The highest BCUT2D eigenvalue weighted by Crippen LogP contribution is 2.31. The molecule has 4 heteroatoms. The molecule has 4 nitrogen and oxygen atoms in total. The zero-order valence-electron chi connectivity index (χ0n) is 11.1. The average Bonchev–Trinajstić information content (AvgIpc) is 2.40. The van der Waals surface area contributed by atoms with Crippen molar-refractivity contribution < 1.29 is 9.47 Å². The van der Waals surface area contributed by atoms with Crippen LogP contribution in [0.2, 0.25) is 0 Å². The van der Waals surface area contributed by atoms with Gasteiger partial charge >= 0.3 is 0 Å². The number of aromatic nitrogens is 1. The Labute approximate surface area is 112 Å². The summed E-state index contributed by atoms with van der Waals surface area (Å²) in [6, 6.07) is 11.0. The molecule has 0 fully saturated rings. The van der Waals surface area contributed by atoms with Crippen LogP contribution >= 0.6 is 0 Å². The molecule has 19 heavy (non-hydrogen) atoms. The average molecular weight is 254 g/mol. The quantitative estimate of drug-likeness (QED) is 0.842. The molecular formula is C15H14N2O2. The van der Waals surface area contributed by atoms with Crippen LogP contribution in [0.5, 0.6) is 17.4 Å². The molecule has 0 amide bonds. The Morgan fingerprint density at radius 2 is 1.89 bits per heavy atom. The normalized spacial score (nSPS) is 9.79. The highest BCUT2D eigenvalue weighted by atomic mass is 16.5. The molecule has 0 bridgehead atoms. The van der Waals surface area contributed by atoms with Gasteiger partial charge in [0.2, 0.25) is 5.88 Å². The third kappa shape index (κ3) is 3.02. The number of methoxy groups -OCH3 is 1. The Morgan fingerprint density at radius 3 is 2.58 bits per heavy atom. The number of rotatable bonds is 3. The minimum absolute atomic E-state index is 0.388. The van der Waals surface area contributed by atoms with Crippen molar-refractivity contribution in [3.63, 3.8) is 0 Å². The van der Waals surface area contributed by atoms with Gasteiger partial charge in [-0.1, -0.05) is 6.07 Å². The minimum atomic E-state index is 0.388. The van der Waals surface area contributed by atoms with E-state index in [4.69, 9.17) is 14.7 Å². The Kier molecular flexibility index (Phi) is 3.67. The molecule has 0 spiro atoms. The summed E-state index contributed by atoms with van der Waals surface area (Å²) in [4.78, 5) is 4.25. The number of aryl methyl sites for hydroxylation is 2. The van der Waals surface area contributed by atoms with Crippen molar-refractivity contribution in [2.24, 2.45) is 0 Å². The number of ether oxygens (including phenoxy) is 2. The second kappa shape index (κ2) is 5.40. The summed E-state index contributed by atoms with van der Waals surface area (Å²) in [6.45, 7) is 3.80. The Balaban J connectivity index is 2.36. The van der Waals surface area contributed by atoms with Gasteiger partial charge in [-0.25, -0.2) is 4.98 Å². The van der Waals surface area contributed by atoms with Gasteiger partial charge in [-0.05, 0) is 37.6 Å². The molecule has 0 unspecified atom stereocenters. The van der Waals surface area contributed by atoms with Gasteiger partial charge in [0.25, 0.3) is 0 Å². The van der Waals surface area contributed by atoms with E-state index >= 15 is 0 Å². The van der Waals surface area contributed by atoms with Crippen LogP contribution in [-0.2, 0) is 0 Å². The summed E-state index contributed by atoms with van der Waals surface area (Å²) < 4.78 is 11.0. The number of hydrogen-bond donors (Lipinski definition) is 0. The lowest BCUT2D eigenvalue weighted by atomic mass is 10.2. The summed E-state index contributed by atoms with van der Waals surface area (Å²) >= 11 is 0. The van der Waals surface area contributed by atoms with Crippen LogP contribution in [-0.4, -0.2) is 12.1 Å². The van der Waals surface area contributed by atoms with Crippen LogP contribution in [0.25, 0.3) is 0 Å². The highest BCUT2D eigenvalue weighted by Gasteiger charge is 2.08. The third-order valence-corrected chi connectivity index (χ3v) is 2.59. The van der Waals surface area contributed by atoms with Crippen molar-refractivity contribution in [1.29, 1.82) is 5.26 Å². The van der Waals surface area contributed by atoms with E-state index in [1.165, 1.54) is 0 Å². The first-order chi connectivity index (χ1) is 9.12. The van der Waals surface area contributed by atoms with Crippen LogP contribution in [0.4, 0.5) is 0 Å². The lowest BCUT2D eigenvalue weighted by Gasteiger charge is -2.10. The molecule has 0 aliphatic heterocycles. The molecule has 0 N–H and O–H groups in total. The molecule has 0 aliphatic carbocycles. The van der Waals surface area contributed by atoms with Gasteiger partial charge in [0.15, 0.2) is 11.5 Å². The van der Waals surface area contributed by atoms with Crippen LogP contribution < -0.4 is 9.47 Å². The van der Waals surface area contributed by atoms with Gasteiger partial charge in [0, 0.05) is 11.8 Å². The number of pyridine rings is 1. The maximum Gasteiger partial charge on any atom is 0.220 e. The fourth-order valence-corrected chi connectivity index (χ4v) is 1.73. The van der Waals surface area contributed by atoms with Gasteiger partial charge in [-0.15, -0.1) is 0 Å². The summed E-state index contributed by atoms with van der Waals surface area (Å²) in [6.07, 6.45) is 0. The first-order valence-corrected chi connectivity index (χ1v) is 5.83. The third-order valence-electron chi connectivity index (χ3n) is 2.59. The largest absolute Gasteiger partial charge is 0.493 e. The van der Waals surface area contributed by atoms with Gasteiger partial charge in [-0.3, -0.25) is 0 Å². The smallest absolute Gasteiger partial charge is 0.220 e. The minimum Gasteiger partial charge on any atom is -0.493 e. The van der Waals surface area contributed by atoms with E-state index in [1.54, 1.807) is 19.2 Å². The molecule has 96 valence electrons. The predicted molar refractivity (Wildman–Crippen MR) is 71.5 cm³/mol. The zero-order valence-corrected chi connectivity index (χ0v) is 11.1. The second-order valence-electron chi connectivity index (χ2n) is 4.20. The van der Waals surface area contributed by atoms with Crippen LogP contribution in [0.3, 0.4) is 0 Å². The van der Waals surface area contributed by atoms with Crippen molar-refractivity contribution in [2.75, 3.05) is 7.11 Å². The molecule has 0 saturated heterocycles. The zero-order chi connectivity index (χ0) is 13.8. The Hall–Kier alpha value is -2.54. The molecule has 0 atom stereocenters. The summed E-state index contributed by atoms with van der Waals surface area (Å²) in [5, 5.41) is 8.93. The number of benzene rings is 1. The molecule has 1 aromatic carbocycles. The van der Waals surface area contributed by atoms with Crippen LogP contribution in [0.15, 0.2) is 30.3 Å². The molecule has 2 aromatic rings. The van der Waals surface area contributed by atoms with E-state index in [1.807, 2.05) is 32.0 Å². The van der Waals surface area contributed by atoms with Gasteiger partial charge in [-0.2, -0.15) is 5.26 Å². The van der Waals surface area contributed by atoms with E-state index in [2.05, 4.69) is 11.1 Å². The van der Waals surface area contributed by atoms with E-state index in [0.29, 0.717) is 22.9 Å². The molecule has 0 radical (unpaired) electrons. The first-order valence-electron chi connectivity index (χ1n) is 5.83. The first kappa shape index (κ1) is 12.9. The summed E-state index contributed by atoms with van der Waals surface area (Å²) in [7, 11) is 1.59. The summed E-state index contributed by atoms with van der Waals surface area (Å²) in [5.74, 6) is 1.61. The lowest BCUT2D eigenvalue weighted by molar-refractivity contribution is 0.373. The molecular weight excluding hydrogens is 240 g/mol. The van der Waals surface area contributed by atoms with Crippen molar-refractivity contribution in [3.8, 4) is 23.4 Å². The standard InChI is InChI=1S/C15H14N2O2/c1-10-4-5-13(14(6-10)18-3)19-15-8-12(9-16)7-11(2)17-15/h4-8H,1-3H3. The van der Waals surface area contributed by atoms with Gasteiger partial charge in [0.1, 0.15) is 0 Å². The lowest BCUT2D eigenvalue weighted by Crippen LogP contribution is -1.94. The van der Waals surface area contributed by atoms with Crippen molar-refractivity contribution in [3.05, 3.63) is 47.2 Å². The predicted octanol–water partition coefficient (Wildman–Crippen LogP) is 3.37. The summed E-state index contributed by atoms with van der Waals surface area (Å²) in [5.41, 5.74) is 2.34. The maximum atomic E-state index is 8.93.